The smallest absolute Gasteiger partial charge is 0.230 e. The van der Waals surface area contributed by atoms with E-state index in [0.29, 0.717) is 17.2 Å². The molecule has 0 saturated carbocycles. The normalized spacial score (nSPS) is 10.8. The zero-order chi connectivity index (χ0) is 23.5. The molecule has 0 bridgehead atoms. The van der Waals surface area contributed by atoms with Crippen molar-refractivity contribution in [3.05, 3.63) is 89.9 Å². The van der Waals surface area contributed by atoms with Gasteiger partial charge < -0.3 is 15.5 Å². The van der Waals surface area contributed by atoms with Crippen LogP contribution in [0, 0.1) is 0 Å². The van der Waals surface area contributed by atoms with Crippen molar-refractivity contribution in [1.29, 1.82) is 0 Å². The number of aromatic hydroxyl groups is 2. The standard InChI is InChI=1S/C26H19N3O3S2/c30-18-7-3-16(4-8-18)14-24(32)29-26-25(23-12-11-22(34-23)21-2-1-13-33-21)28-20(15-27-26)17-5-9-19(31)10-6-17/h1-13,15,30-31H,14H2,(H,27,29,32). The molecule has 8 heteroatoms. The molecule has 1 amide bonds. The molecule has 0 aliphatic heterocycles. The van der Waals surface area contributed by atoms with Crippen molar-refractivity contribution < 1.29 is 15.0 Å². The lowest BCUT2D eigenvalue weighted by Gasteiger charge is -2.11. The van der Waals surface area contributed by atoms with Gasteiger partial charge in [0, 0.05) is 15.3 Å². The van der Waals surface area contributed by atoms with E-state index >= 15 is 0 Å². The fourth-order valence-electron chi connectivity index (χ4n) is 3.42. The number of nitrogens with one attached hydrogen (secondary N) is 1. The van der Waals surface area contributed by atoms with E-state index in [-0.39, 0.29) is 23.8 Å². The second-order valence-electron chi connectivity index (χ2n) is 7.53. The maximum atomic E-state index is 12.8. The summed E-state index contributed by atoms with van der Waals surface area (Å²) in [6.07, 6.45) is 1.76. The molecule has 0 fully saturated rings. The number of carbonyl (C=O) groups excluding carboxylic acids is 1. The number of nitrogens with zero attached hydrogens (tertiary/aromatic N) is 2. The summed E-state index contributed by atoms with van der Waals surface area (Å²) in [6.45, 7) is 0. The van der Waals surface area contributed by atoms with E-state index in [2.05, 4.69) is 16.4 Å². The second kappa shape index (κ2) is 9.46. The molecule has 34 heavy (non-hydrogen) atoms. The van der Waals surface area contributed by atoms with E-state index in [4.69, 9.17) is 4.98 Å². The van der Waals surface area contributed by atoms with Gasteiger partial charge in [-0.15, -0.1) is 22.7 Å². The number of aromatic nitrogens is 2. The molecular formula is C26H19N3O3S2. The van der Waals surface area contributed by atoms with E-state index in [1.807, 2.05) is 23.6 Å². The Bertz CT molecular complexity index is 1430. The van der Waals surface area contributed by atoms with Crippen molar-refractivity contribution >= 4 is 34.4 Å². The van der Waals surface area contributed by atoms with Crippen LogP contribution in [-0.2, 0) is 11.2 Å². The van der Waals surface area contributed by atoms with Crippen LogP contribution < -0.4 is 5.32 Å². The van der Waals surface area contributed by atoms with Crippen LogP contribution in [0.2, 0.25) is 0 Å². The first-order valence-electron chi connectivity index (χ1n) is 10.4. The molecule has 0 unspecified atom stereocenters. The van der Waals surface area contributed by atoms with E-state index in [9.17, 15) is 15.0 Å². The fourth-order valence-corrected chi connectivity index (χ4v) is 5.25. The Kier molecular flexibility index (Phi) is 6.07. The number of thiophene rings is 2. The summed E-state index contributed by atoms with van der Waals surface area (Å²) in [5.41, 5.74) is 2.81. The molecule has 0 radical (unpaired) electrons. The van der Waals surface area contributed by atoms with Gasteiger partial charge in [0.15, 0.2) is 5.82 Å². The van der Waals surface area contributed by atoms with E-state index in [1.165, 1.54) is 0 Å². The molecule has 0 spiro atoms. The molecule has 5 aromatic rings. The lowest BCUT2D eigenvalue weighted by Crippen LogP contribution is -2.16. The number of phenolic OH excluding ortho intramolecular Hbond substituents is 2. The Balaban J connectivity index is 1.49. The molecule has 0 aliphatic carbocycles. The van der Waals surface area contributed by atoms with Crippen molar-refractivity contribution in [2.24, 2.45) is 0 Å². The predicted molar refractivity (Wildman–Crippen MR) is 136 cm³/mol. The highest BCUT2D eigenvalue weighted by Crippen LogP contribution is 2.38. The first kappa shape index (κ1) is 21.8. The lowest BCUT2D eigenvalue weighted by atomic mass is 10.1. The third-order valence-corrected chi connectivity index (χ3v) is 7.26. The first-order chi connectivity index (χ1) is 16.5. The van der Waals surface area contributed by atoms with Crippen LogP contribution in [0.1, 0.15) is 5.56 Å². The summed E-state index contributed by atoms with van der Waals surface area (Å²) in [4.78, 5) is 25.3. The first-order valence-corrected chi connectivity index (χ1v) is 12.1. The van der Waals surface area contributed by atoms with Gasteiger partial charge >= 0.3 is 0 Å². The van der Waals surface area contributed by atoms with Crippen LogP contribution >= 0.6 is 22.7 Å². The molecule has 2 aromatic carbocycles. The summed E-state index contributed by atoms with van der Waals surface area (Å²) < 4.78 is 0. The molecule has 6 nitrogen and oxygen atoms in total. The average Bonchev–Trinajstić information content (AvgIpc) is 3.54. The van der Waals surface area contributed by atoms with Gasteiger partial charge in [0.1, 0.15) is 17.2 Å². The number of hydrogen-bond donors (Lipinski definition) is 3. The van der Waals surface area contributed by atoms with Gasteiger partial charge in [0.2, 0.25) is 5.91 Å². The maximum Gasteiger partial charge on any atom is 0.230 e. The van der Waals surface area contributed by atoms with Crippen LogP contribution in [-0.4, -0.2) is 26.1 Å². The molecule has 3 N–H and O–H groups in total. The highest BCUT2D eigenvalue weighted by molar-refractivity contribution is 7.23. The Morgan fingerprint density at radius 3 is 2.26 bits per heavy atom. The topological polar surface area (TPSA) is 95.3 Å². The van der Waals surface area contributed by atoms with Crippen molar-refractivity contribution in [2.75, 3.05) is 5.32 Å². The monoisotopic (exact) mass is 485 g/mol. The third-order valence-electron chi connectivity index (χ3n) is 5.10. The van der Waals surface area contributed by atoms with E-state index < -0.39 is 0 Å². The average molecular weight is 486 g/mol. The molecule has 0 aliphatic rings. The largest absolute Gasteiger partial charge is 0.508 e. The highest BCUT2D eigenvalue weighted by Gasteiger charge is 2.17. The van der Waals surface area contributed by atoms with Gasteiger partial charge in [0.25, 0.3) is 0 Å². The molecular weight excluding hydrogens is 466 g/mol. The number of anilines is 1. The molecule has 168 valence electrons. The number of amides is 1. The van der Waals surface area contributed by atoms with E-state index in [0.717, 1.165) is 25.8 Å². The zero-order valence-electron chi connectivity index (χ0n) is 17.8. The number of hydrogen-bond acceptors (Lipinski definition) is 7. The van der Waals surface area contributed by atoms with Gasteiger partial charge in [-0.1, -0.05) is 18.2 Å². The van der Waals surface area contributed by atoms with Gasteiger partial charge in [-0.25, -0.2) is 9.97 Å². The quantitative estimate of drug-likeness (QED) is 0.266. The summed E-state index contributed by atoms with van der Waals surface area (Å²) >= 11 is 3.25. The van der Waals surface area contributed by atoms with Gasteiger partial charge in [-0.3, -0.25) is 4.79 Å². The van der Waals surface area contributed by atoms with Crippen LogP contribution in [0.25, 0.3) is 31.6 Å². The minimum atomic E-state index is -0.228. The zero-order valence-corrected chi connectivity index (χ0v) is 19.4. The maximum absolute atomic E-state index is 12.8. The van der Waals surface area contributed by atoms with Crippen molar-refractivity contribution in [1.82, 2.24) is 9.97 Å². The Labute approximate surface area is 203 Å². The molecule has 5 rings (SSSR count). The Morgan fingerprint density at radius 1 is 0.853 bits per heavy atom. The third kappa shape index (κ3) is 4.83. The van der Waals surface area contributed by atoms with Crippen molar-refractivity contribution in [2.45, 2.75) is 6.42 Å². The van der Waals surface area contributed by atoms with Gasteiger partial charge in [-0.2, -0.15) is 0 Å². The number of carbonyl (C=O) groups is 1. The Morgan fingerprint density at radius 2 is 1.56 bits per heavy atom. The van der Waals surface area contributed by atoms with Crippen molar-refractivity contribution in [3.63, 3.8) is 0 Å². The highest BCUT2D eigenvalue weighted by atomic mass is 32.1. The number of phenols is 2. The van der Waals surface area contributed by atoms with Gasteiger partial charge in [-0.05, 0) is 65.5 Å². The Hall–Kier alpha value is -4.01. The van der Waals surface area contributed by atoms with Crippen LogP contribution in [0.15, 0.2) is 84.4 Å². The minimum Gasteiger partial charge on any atom is -0.508 e. The molecule has 3 aromatic heterocycles. The fraction of sp³-hybridized carbons (Fsp3) is 0.0385. The predicted octanol–water partition coefficient (Wildman–Crippen LogP) is 6.19. The van der Waals surface area contributed by atoms with Gasteiger partial charge in [0.05, 0.1) is 23.2 Å². The lowest BCUT2D eigenvalue weighted by molar-refractivity contribution is -0.115. The SMILES string of the molecule is O=C(Cc1ccc(O)cc1)Nc1ncc(-c2ccc(O)cc2)nc1-c1ccc(-c2cccs2)s1. The second-order valence-corrected chi connectivity index (χ2v) is 9.56. The van der Waals surface area contributed by atoms with Crippen LogP contribution in [0.4, 0.5) is 5.82 Å². The number of benzene rings is 2. The van der Waals surface area contributed by atoms with E-state index in [1.54, 1.807) is 77.4 Å². The summed E-state index contributed by atoms with van der Waals surface area (Å²) in [6, 6.07) is 21.4. The van der Waals surface area contributed by atoms with Crippen LogP contribution in [0.5, 0.6) is 11.5 Å². The minimum absolute atomic E-state index is 0.145. The molecule has 0 atom stereocenters. The summed E-state index contributed by atoms with van der Waals surface area (Å²) in [5.74, 6) is 0.481. The summed E-state index contributed by atoms with van der Waals surface area (Å²) in [5, 5.41) is 24.0. The van der Waals surface area contributed by atoms with Crippen molar-refractivity contribution in [3.8, 4) is 43.1 Å². The molecule has 3 heterocycles. The molecule has 0 saturated heterocycles. The summed E-state index contributed by atoms with van der Waals surface area (Å²) in [7, 11) is 0. The van der Waals surface area contributed by atoms with Crippen LogP contribution in [0.3, 0.4) is 0 Å². The number of rotatable bonds is 6.